The molecule has 0 aromatic carbocycles. The van der Waals surface area contributed by atoms with Gasteiger partial charge in [0, 0.05) is 25.0 Å². The third-order valence-electron chi connectivity index (χ3n) is 2.45. The summed E-state index contributed by atoms with van der Waals surface area (Å²) in [5.74, 6) is 1.93. The van der Waals surface area contributed by atoms with Gasteiger partial charge in [-0.3, -0.25) is 4.98 Å². The molecule has 0 spiro atoms. The molecule has 4 nitrogen and oxygen atoms in total. The van der Waals surface area contributed by atoms with Crippen LogP contribution in [0.25, 0.3) is 0 Å². The van der Waals surface area contributed by atoms with Gasteiger partial charge in [0.25, 0.3) is 0 Å². The predicted octanol–water partition coefficient (Wildman–Crippen LogP) is 1.81. The van der Waals surface area contributed by atoms with Crippen LogP contribution in [0, 0.1) is 6.92 Å². The second-order valence-electron chi connectivity index (χ2n) is 3.88. The minimum absolute atomic E-state index is 0.612. The van der Waals surface area contributed by atoms with E-state index in [0.29, 0.717) is 6.54 Å². The normalized spacial score (nSPS) is 11.4. The van der Waals surface area contributed by atoms with Crippen LogP contribution in [0.4, 0.5) is 0 Å². The van der Waals surface area contributed by atoms with Gasteiger partial charge in [-0.05, 0) is 31.7 Å². The Hall–Kier alpha value is -1.23. The second-order valence-corrected chi connectivity index (χ2v) is 4.87. The van der Waals surface area contributed by atoms with Crippen LogP contribution in [0.2, 0.25) is 0 Å². The van der Waals surface area contributed by atoms with E-state index in [9.17, 15) is 0 Å². The number of hydrogen-bond donors (Lipinski definition) is 2. The van der Waals surface area contributed by atoms with E-state index in [2.05, 4.69) is 46.8 Å². The first-order chi connectivity index (χ1) is 8.77. The molecule has 0 amide bonds. The number of rotatable bonds is 6. The quantitative estimate of drug-likeness (QED) is 0.468. The van der Waals surface area contributed by atoms with Crippen LogP contribution in [0.1, 0.15) is 18.2 Å². The van der Waals surface area contributed by atoms with Gasteiger partial charge >= 0.3 is 0 Å². The summed E-state index contributed by atoms with van der Waals surface area (Å²) in [6.07, 6.45) is 3.91. The Morgan fingerprint density at radius 1 is 1.44 bits per heavy atom. The van der Waals surface area contributed by atoms with Crippen molar-refractivity contribution in [1.82, 2.24) is 15.6 Å². The minimum Gasteiger partial charge on any atom is -0.357 e. The van der Waals surface area contributed by atoms with Crippen molar-refractivity contribution < 1.29 is 0 Å². The molecule has 1 aromatic rings. The molecule has 100 valence electrons. The molecule has 0 atom stereocenters. The van der Waals surface area contributed by atoms with E-state index in [-0.39, 0.29) is 0 Å². The molecule has 0 saturated carbocycles. The van der Waals surface area contributed by atoms with Crippen molar-refractivity contribution in [2.24, 2.45) is 4.99 Å². The summed E-state index contributed by atoms with van der Waals surface area (Å²) in [6.45, 7) is 6.53. The van der Waals surface area contributed by atoms with E-state index >= 15 is 0 Å². The largest absolute Gasteiger partial charge is 0.357 e. The van der Waals surface area contributed by atoms with Crippen LogP contribution in [-0.2, 0) is 6.54 Å². The zero-order valence-corrected chi connectivity index (χ0v) is 12.2. The summed E-state index contributed by atoms with van der Waals surface area (Å²) in [5, 5.41) is 6.53. The fourth-order valence-electron chi connectivity index (χ4n) is 1.45. The lowest BCUT2D eigenvalue weighted by Crippen LogP contribution is -2.38. The third kappa shape index (κ3) is 5.40. The lowest BCUT2D eigenvalue weighted by molar-refractivity contribution is 0.835. The Labute approximate surface area is 114 Å². The van der Waals surface area contributed by atoms with Crippen LogP contribution in [0.5, 0.6) is 0 Å². The van der Waals surface area contributed by atoms with Gasteiger partial charge in [0.15, 0.2) is 5.96 Å². The Bertz CT molecular complexity index is 379. The molecule has 2 N–H and O–H groups in total. The van der Waals surface area contributed by atoms with Gasteiger partial charge in [0.2, 0.25) is 0 Å². The first-order valence-electron chi connectivity index (χ1n) is 6.19. The van der Waals surface area contributed by atoms with Crippen LogP contribution < -0.4 is 10.6 Å². The lowest BCUT2D eigenvalue weighted by atomic mass is 10.2. The molecule has 0 unspecified atom stereocenters. The number of aromatic nitrogens is 1. The number of pyridine rings is 1. The molecule has 0 saturated heterocycles. The van der Waals surface area contributed by atoms with Crippen molar-refractivity contribution >= 4 is 17.7 Å². The highest BCUT2D eigenvalue weighted by atomic mass is 32.2. The van der Waals surface area contributed by atoms with Crippen LogP contribution in [0.15, 0.2) is 23.3 Å². The van der Waals surface area contributed by atoms with Gasteiger partial charge < -0.3 is 10.6 Å². The number of nitrogens with one attached hydrogen (secondary N) is 2. The highest BCUT2D eigenvalue weighted by Gasteiger charge is 1.99. The maximum atomic E-state index is 4.54. The van der Waals surface area contributed by atoms with Crippen molar-refractivity contribution in [3.63, 3.8) is 0 Å². The van der Waals surface area contributed by atoms with Gasteiger partial charge in [-0.1, -0.05) is 6.07 Å². The molecule has 5 heteroatoms. The standard InChI is InChI=1S/C13H22N4S/c1-4-14-13(16-8-9-18-3)17-10-12-11(2)6-5-7-15-12/h5-7H,4,8-10H2,1-3H3,(H2,14,16,17). The Morgan fingerprint density at radius 2 is 2.28 bits per heavy atom. The Balaban J connectivity index is 2.56. The summed E-state index contributed by atoms with van der Waals surface area (Å²) in [4.78, 5) is 8.88. The first kappa shape index (κ1) is 14.8. The van der Waals surface area contributed by atoms with E-state index in [1.165, 1.54) is 5.56 Å². The van der Waals surface area contributed by atoms with E-state index in [1.54, 1.807) is 0 Å². The topological polar surface area (TPSA) is 49.3 Å². The number of aryl methyl sites for hydroxylation is 1. The maximum absolute atomic E-state index is 4.54. The molecule has 0 radical (unpaired) electrons. The molecule has 1 rings (SSSR count). The van der Waals surface area contributed by atoms with Crippen molar-refractivity contribution in [3.8, 4) is 0 Å². The molecule has 1 heterocycles. The predicted molar refractivity (Wildman–Crippen MR) is 80.2 cm³/mol. The van der Waals surface area contributed by atoms with Crippen molar-refractivity contribution in [2.45, 2.75) is 20.4 Å². The molecule has 0 aliphatic heterocycles. The average molecular weight is 266 g/mol. The highest BCUT2D eigenvalue weighted by Crippen LogP contribution is 2.04. The first-order valence-corrected chi connectivity index (χ1v) is 7.59. The van der Waals surface area contributed by atoms with Crippen LogP contribution in [0.3, 0.4) is 0 Å². The van der Waals surface area contributed by atoms with E-state index in [0.717, 1.165) is 30.5 Å². The fraction of sp³-hybridized carbons (Fsp3) is 0.538. The molecule has 18 heavy (non-hydrogen) atoms. The summed E-state index contributed by atoms with van der Waals surface area (Å²) in [5.41, 5.74) is 2.21. The molecule has 0 aliphatic carbocycles. The molecular weight excluding hydrogens is 244 g/mol. The second kappa shape index (κ2) is 8.80. The number of aliphatic imine (C=N–C) groups is 1. The molecule has 0 bridgehead atoms. The number of nitrogens with zero attached hydrogens (tertiary/aromatic N) is 2. The van der Waals surface area contributed by atoms with E-state index < -0.39 is 0 Å². The number of thioether (sulfide) groups is 1. The van der Waals surface area contributed by atoms with Gasteiger partial charge in [0.1, 0.15) is 0 Å². The minimum atomic E-state index is 0.612. The zero-order chi connectivity index (χ0) is 13.2. The summed E-state index contributed by atoms with van der Waals surface area (Å²) >= 11 is 1.82. The number of guanidine groups is 1. The lowest BCUT2D eigenvalue weighted by Gasteiger charge is -2.10. The van der Waals surface area contributed by atoms with Gasteiger partial charge in [-0.2, -0.15) is 11.8 Å². The monoisotopic (exact) mass is 266 g/mol. The zero-order valence-electron chi connectivity index (χ0n) is 11.4. The fourth-order valence-corrected chi connectivity index (χ4v) is 1.76. The van der Waals surface area contributed by atoms with Crippen molar-refractivity contribution in [3.05, 3.63) is 29.6 Å². The Morgan fingerprint density at radius 3 is 2.94 bits per heavy atom. The van der Waals surface area contributed by atoms with Crippen molar-refractivity contribution in [1.29, 1.82) is 0 Å². The number of hydrogen-bond acceptors (Lipinski definition) is 3. The van der Waals surface area contributed by atoms with E-state index in [1.807, 2.05) is 24.0 Å². The molecular formula is C13H22N4S. The summed E-state index contributed by atoms with van der Waals surface area (Å²) < 4.78 is 0. The molecule has 1 aromatic heterocycles. The van der Waals surface area contributed by atoms with Gasteiger partial charge in [0.05, 0.1) is 12.2 Å². The molecule has 0 aliphatic rings. The van der Waals surface area contributed by atoms with Gasteiger partial charge in [-0.15, -0.1) is 0 Å². The van der Waals surface area contributed by atoms with E-state index in [4.69, 9.17) is 0 Å². The molecule has 0 fully saturated rings. The SMILES string of the molecule is CCNC(=NCc1ncccc1C)NCCSC. The van der Waals surface area contributed by atoms with Crippen LogP contribution >= 0.6 is 11.8 Å². The summed E-state index contributed by atoms with van der Waals surface area (Å²) in [7, 11) is 0. The van der Waals surface area contributed by atoms with Gasteiger partial charge in [-0.25, -0.2) is 4.99 Å². The maximum Gasteiger partial charge on any atom is 0.191 e. The van der Waals surface area contributed by atoms with Crippen molar-refractivity contribution in [2.75, 3.05) is 25.1 Å². The average Bonchev–Trinajstić information content (AvgIpc) is 2.38. The third-order valence-corrected chi connectivity index (χ3v) is 3.06. The van der Waals surface area contributed by atoms with Crippen LogP contribution in [-0.4, -0.2) is 36.0 Å². The highest BCUT2D eigenvalue weighted by molar-refractivity contribution is 7.98. The Kier molecular flexibility index (Phi) is 7.25. The summed E-state index contributed by atoms with van der Waals surface area (Å²) in [6, 6.07) is 4.01. The smallest absolute Gasteiger partial charge is 0.191 e.